The van der Waals surface area contributed by atoms with Gasteiger partial charge < -0.3 is 9.47 Å². The summed E-state index contributed by atoms with van der Waals surface area (Å²) >= 11 is 1.54. The molecule has 0 aliphatic carbocycles. The van der Waals surface area contributed by atoms with Crippen molar-refractivity contribution in [2.45, 2.75) is 6.61 Å². The van der Waals surface area contributed by atoms with Crippen LogP contribution in [0.3, 0.4) is 0 Å². The number of fused-ring (bicyclic) bond motifs is 1. The fraction of sp³-hybridized carbons (Fsp3) is 0.125. The van der Waals surface area contributed by atoms with Crippen molar-refractivity contribution in [3.8, 4) is 11.5 Å². The first-order valence-corrected chi connectivity index (χ1v) is 7.02. The predicted octanol–water partition coefficient (Wildman–Crippen LogP) is 4.63. The molecule has 0 radical (unpaired) electrons. The first-order chi connectivity index (χ1) is 9.76. The number of thiophene rings is 1. The van der Waals surface area contributed by atoms with E-state index in [1.807, 2.05) is 36.4 Å². The number of hydrogen-bond acceptors (Lipinski definition) is 3. The molecule has 2 nitrogen and oxygen atoms in total. The van der Waals surface area contributed by atoms with E-state index in [1.165, 1.54) is 6.07 Å². The van der Waals surface area contributed by atoms with Gasteiger partial charge in [-0.15, -0.1) is 11.3 Å². The van der Waals surface area contributed by atoms with E-state index in [0.717, 1.165) is 21.1 Å². The van der Waals surface area contributed by atoms with Gasteiger partial charge in [0.15, 0.2) is 0 Å². The van der Waals surface area contributed by atoms with Crippen LogP contribution < -0.4 is 9.47 Å². The predicted molar refractivity (Wildman–Crippen MR) is 79.1 cm³/mol. The summed E-state index contributed by atoms with van der Waals surface area (Å²) in [5.41, 5.74) is 0. The number of hydrogen-bond donors (Lipinski definition) is 0. The molecule has 4 heteroatoms. The highest BCUT2D eigenvalue weighted by Gasteiger charge is 2.06. The van der Waals surface area contributed by atoms with Crippen LogP contribution in [-0.4, -0.2) is 7.11 Å². The standard InChI is InChI=1S/C16H13FO2S/c1-18-11-4-2-5-12(8-11)19-10-13-9-14-15(17)6-3-7-16(14)20-13/h2-9H,10H2,1H3. The maximum Gasteiger partial charge on any atom is 0.131 e. The van der Waals surface area contributed by atoms with Gasteiger partial charge in [0.05, 0.1) is 7.11 Å². The van der Waals surface area contributed by atoms with E-state index in [-0.39, 0.29) is 5.82 Å². The fourth-order valence-corrected chi connectivity index (χ4v) is 2.98. The molecule has 102 valence electrons. The lowest BCUT2D eigenvalue weighted by Gasteiger charge is -2.06. The average molecular weight is 288 g/mol. The SMILES string of the molecule is COc1cccc(OCc2cc3c(F)cccc3s2)c1. The summed E-state index contributed by atoms with van der Waals surface area (Å²) in [6.45, 7) is 0.423. The third-order valence-corrected chi connectivity index (χ3v) is 4.06. The molecule has 0 unspecified atom stereocenters. The Morgan fingerprint density at radius 2 is 1.85 bits per heavy atom. The van der Waals surface area contributed by atoms with E-state index >= 15 is 0 Å². The van der Waals surface area contributed by atoms with Crippen molar-refractivity contribution in [1.29, 1.82) is 0 Å². The molecule has 0 saturated heterocycles. The van der Waals surface area contributed by atoms with Crippen LogP contribution in [0.25, 0.3) is 10.1 Å². The minimum absolute atomic E-state index is 0.189. The van der Waals surface area contributed by atoms with Gasteiger partial charge in [-0.25, -0.2) is 4.39 Å². The molecule has 3 aromatic rings. The van der Waals surface area contributed by atoms with Crippen LogP contribution in [0.1, 0.15) is 4.88 Å². The van der Waals surface area contributed by atoms with Crippen LogP contribution in [0.2, 0.25) is 0 Å². The molecular formula is C16H13FO2S. The summed E-state index contributed by atoms with van der Waals surface area (Å²) in [5, 5.41) is 0.654. The molecule has 2 aromatic carbocycles. The minimum atomic E-state index is -0.189. The molecule has 0 N–H and O–H groups in total. The highest BCUT2D eigenvalue weighted by Crippen LogP contribution is 2.29. The van der Waals surface area contributed by atoms with E-state index in [2.05, 4.69) is 0 Å². The molecule has 0 aliphatic rings. The lowest BCUT2D eigenvalue weighted by molar-refractivity contribution is 0.307. The van der Waals surface area contributed by atoms with Gasteiger partial charge in [0.1, 0.15) is 23.9 Å². The molecule has 0 atom stereocenters. The van der Waals surface area contributed by atoms with Crippen LogP contribution in [0.4, 0.5) is 4.39 Å². The second-order valence-electron chi connectivity index (χ2n) is 4.33. The quantitative estimate of drug-likeness (QED) is 0.697. The number of ether oxygens (including phenoxy) is 2. The summed E-state index contributed by atoms with van der Waals surface area (Å²) in [6.07, 6.45) is 0. The number of methoxy groups -OCH3 is 1. The van der Waals surface area contributed by atoms with Gasteiger partial charge >= 0.3 is 0 Å². The van der Waals surface area contributed by atoms with Crippen molar-refractivity contribution < 1.29 is 13.9 Å². The van der Waals surface area contributed by atoms with Gasteiger partial charge in [-0.2, -0.15) is 0 Å². The van der Waals surface area contributed by atoms with Crippen molar-refractivity contribution in [3.63, 3.8) is 0 Å². The largest absolute Gasteiger partial charge is 0.497 e. The zero-order valence-corrected chi connectivity index (χ0v) is 11.7. The Bertz CT molecular complexity index is 736. The Hall–Kier alpha value is -2.07. The molecule has 0 amide bonds. The monoisotopic (exact) mass is 288 g/mol. The Morgan fingerprint density at radius 1 is 1.05 bits per heavy atom. The van der Waals surface area contributed by atoms with Crippen LogP contribution in [0.5, 0.6) is 11.5 Å². The molecule has 0 aliphatic heterocycles. The number of halogens is 1. The van der Waals surface area contributed by atoms with Gasteiger partial charge in [0, 0.05) is 21.0 Å². The van der Waals surface area contributed by atoms with Gasteiger partial charge in [0.25, 0.3) is 0 Å². The van der Waals surface area contributed by atoms with Crippen LogP contribution in [0, 0.1) is 5.82 Å². The number of benzene rings is 2. The molecule has 0 saturated carbocycles. The van der Waals surface area contributed by atoms with Crippen molar-refractivity contribution in [3.05, 3.63) is 59.2 Å². The Balaban J connectivity index is 1.78. The third-order valence-electron chi connectivity index (χ3n) is 2.98. The second kappa shape index (κ2) is 5.51. The lowest BCUT2D eigenvalue weighted by Crippen LogP contribution is -1.93. The highest BCUT2D eigenvalue weighted by molar-refractivity contribution is 7.19. The summed E-state index contributed by atoms with van der Waals surface area (Å²) in [4.78, 5) is 0.993. The van der Waals surface area contributed by atoms with Gasteiger partial charge in [0.2, 0.25) is 0 Å². The third kappa shape index (κ3) is 2.60. The molecule has 0 bridgehead atoms. The summed E-state index contributed by atoms with van der Waals surface area (Å²) in [5.74, 6) is 1.30. The van der Waals surface area contributed by atoms with E-state index in [4.69, 9.17) is 9.47 Å². The Labute approximate surface area is 120 Å². The van der Waals surface area contributed by atoms with Crippen molar-refractivity contribution in [2.75, 3.05) is 7.11 Å². The van der Waals surface area contributed by atoms with E-state index in [9.17, 15) is 4.39 Å². The fourth-order valence-electron chi connectivity index (χ4n) is 1.99. The van der Waals surface area contributed by atoms with Crippen molar-refractivity contribution in [2.24, 2.45) is 0 Å². The topological polar surface area (TPSA) is 18.5 Å². The molecule has 1 aromatic heterocycles. The zero-order chi connectivity index (χ0) is 13.9. The van der Waals surface area contributed by atoms with Crippen LogP contribution in [-0.2, 0) is 6.61 Å². The van der Waals surface area contributed by atoms with Gasteiger partial charge in [-0.3, -0.25) is 0 Å². The van der Waals surface area contributed by atoms with E-state index in [1.54, 1.807) is 24.5 Å². The average Bonchev–Trinajstić information content (AvgIpc) is 2.90. The normalized spacial score (nSPS) is 10.7. The Morgan fingerprint density at radius 3 is 2.65 bits per heavy atom. The van der Waals surface area contributed by atoms with E-state index < -0.39 is 0 Å². The highest BCUT2D eigenvalue weighted by atomic mass is 32.1. The molecule has 1 heterocycles. The molecule has 0 spiro atoms. The summed E-state index contributed by atoms with van der Waals surface area (Å²) < 4.78 is 25.4. The summed E-state index contributed by atoms with van der Waals surface area (Å²) in [6, 6.07) is 14.4. The summed E-state index contributed by atoms with van der Waals surface area (Å²) in [7, 11) is 1.62. The van der Waals surface area contributed by atoms with Crippen LogP contribution in [0.15, 0.2) is 48.5 Å². The van der Waals surface area contributed by atoms with Crippen LogP contribution >= 0.6 is 11.3 Å². The van der Waals surface area contributed by atoms with E-state index in [0.29, 0.717) is 12.0 Å². The number of rotatable bonds is 4. The first kappa shape index (κ1) is 12.9. The Kier molecular flexibility index (Phi) is 3.56. The minimum Gasteiger partial charge on any atom is -0.497 e. The van der Waals surface area contributed by atoms with Gasteiger partial charge in [-0.05, 0) is 30.3 Å². The molecule has 20 heavy (non-hydrogen) atoms. The maximum absolute atomic E-state index is 13.6. The van der Waals surface area contributed by atoms with Gasteiger partial charge in [-0.1, -0.05) is 12.1 Å². The molecule has 0 fully saturated rings. The molecule has 3 rings (SSSR count). The second-order valence-corrected chi connectivity index (χ2v) is 5.50. The smallest absolute Gasteiger partial charge is 0.131 e. The lowest BCUT2D eigenvalue weighted by atomic mass is 10.2. The zero-order valence-electron chi connectivity index (χ0n) is 10.9. The molecular weight excluding hydrogens is 275 g/mol. The van der Waals surface area contributed by atoms with Crippen molar-refractivity contribution >= 4 is 21.4 Å². The van der Waals surface area contributed by atoms with Crippen molar-refractivity contribution in [1.82, 2.24) is 0 Å². The first-order valence-electron chi connectivity index (χ1n) is 6.20. The maximum atomic E-state index is 13.6.